The van der Waals surface area contributed by atoms with E-state index in [0.717, 1.165) is 6.07 Å². The molecule has 1 aromatic carbocycles. The van der Waals surface area contributed by atoms with Crippen molar-refractivity contribution in [2.45, 2.75) is 13.3 Å². The maximum Gasteiger partial charge on any atom is 0.310 e. The van der Waals surface area contributed by atoms with Gasteiger partial charge in [-0.25, -0.2) is 4.39 Å². The van der Waals surface area contributed by atoms with Crippen molar-refractivity contribution in [3.8, 4) is 5.75 Å². The number of carbonyl (C=O) groups is 1. The Morgan fingerprint density at radius 3 is 2.85 bits per heavy atom. The first kappa shape index (κ1) is 9.99. The largest absolute Gasteiger partial charge is 0.426 e. The first-order valence-electron chi connectivity index (χ1n) is 3.79. The molecule has 0 heterocycles. The predicted octanol–water partition coefficient (Wildman–Crippen LogP) is 2.79. The second-order valence-electron chi connectivity index (χ2n) is 2.40. The van der Waals surface area contributed by atoms with E-state index >= 15 is 0 Å². The maximum atomic E-state index is 12.6. The van der Waals surface area contributed by atoms with Gasteiger partial charge in [0, 0.05) is 12.5 Å². The Kier molecular flexibility index (Phi) is 3.25. The van der Waals surface area contributed by atoms with Crippen molar-refractivity contribution in [2.75, 3.05) is 0 Å². The molecule has 0 unspecified atom stereocenters. The van der Waals surface area contributed by atoms with Gasteiger partial charge in [0.25, 0.3) is 0 Å². The standard InChI is InChI=1S/C9H8ClFO2/c1-2-9(12)13-6-3-4-8(11)7(10)5-6/h3-5H,2H2,1H3. The molecule has 0 saturated heterocycles. The summed E-state index contributed by atoms with van der Waals surface area (Å²) in [6.07, 6.45) is 0.273. The lowest BCUT2D eigenvalue weighted by atomic mass is 10.3. The lowest BCUT2D eigenvalue weighted by Gasteiger charge is -2.02. The van der Waals surface area contributed by atoms with Gasteiger partial charge >= 0.3 is 5.97 Å². The van der Waals surface area contributed by atoms with Crippen molar-refractivity contribution in [1.82, 2.24) is 0 Å². The van der Waals surface area contributed by atoms with Crippen molar-refractivity contribution in [3.05, 3.63) is 29.0 Å². The molecule has 0 aliphatic rings. The molecule has 0 saturated carbocycles. The maximum absolute atomic E-state index is 12.6. The summed E-state index contributed by atoms with van der Waals surface area (Å²) in [7, 11) is 0. The van der Waals surface area contributed by atoms with E-state index in [2.05, 4.69) is 0 Å². The van der Waals surface area contributed by atoms with E-state index in [-0.39, 0.29) is 23.2 Å². The molecular weight excluding hydrogens is 195 g/mol. The Morgan fingerprint density at radius 2 is 2.31 bits per heavy atom. The first-order chi connectivity index (χ1) is 6.13. The van der Waals surface area contributed by atoms with Crippen LogP contribution in [0.25, 0.3) is 0 Å². The van der Waals surface area contributed by atoms with Gasteiger partial charge in [-0.05, 0) is 12.1 Å². The molecule has 0 fully saturated rings. The third-order valence-corrected chi connectivity index (χ3v) is 1.70. The second kappa shape index (κ2) is 4.23. The van der Waals surface area contributed by atoms with Crippen LogP contribution in [0.4, 0.5) is 4.39 Å². The Balaban J connectivity index is 2.79. The number of benzene rings is 1. The minimum absolute atomic E-state index is 0.0543. The van der Waals surface area contributed by atoms with Crippen LogP contribution in [-0.2, 0) is 4.79 Å². The minimum Gasteiger partial charge on any atom is -0.426 e. The van der Waals surface area contributed by atoms with Crippen molar-refractivity contribution >= 4 is 17.6 Å². The van der Waals surface area contributed by atoms with Crippen LogP contribution in [-0.4, -0.2) is 5.97 Å². The molecule has 0 aromatic heterocycles. The zero-order valence-electron chi connectivity index (χ0n) is 7.01. The number of esters is 1. The highest BCUT2D eigenvalue weighted by Gasteiger charge is 2.04. The molecule has 1 rings (SSSR count). The lowest BCUT2D eigenvalue weighted by molar-refractivity contribution is -0.134. The third-order valence-electron chi connectivity index (χ3n) is 1.41. The summed E-state index contributed by atoms with van der Waals surface area (Å²) in [5.74, 6) is -0.640. The quantitative estimate of drug-likeness (QED) is 0.545. The second-order valence-corrected chi connectivity index (χ2v) is 2.81. The average molecular weight is 203 g/mol. The Bertz CT molecular complexity index is 325. The zero-order valence-corrected chi connectivity index (χ0v) is 7.77. The van der Waals surface area contributed by atoms with Crippen LogP contribution in [0.3, 0.4) is 0 Å². The minimum atomic E-state index is -0.530. The normalized spacial score (nSPS) is 9.77. The van der Waals surface area contributed by atoms with Gasteiger partial charge in [-0.2, -0.15) is 0 Å². The van der Waals surface area contributed by atoms with Crippen LogP contribution in [0, 0.1) is 5.82 Å². The van der Waals surface area contributed by atoms with Crippen molar-refractivity contribution in [1.29, 1.82) is 0 Å². The Labute approximate surface area is 80.3 Å². The third kappa shape index (κ3) is 2.70. The predicted molar refractivity (Wildman–Crippen MR) is 47.3 cm³/mol. The molecule has 0 radical (unpaired) electrons. The van der Waals surface area contributed by atoms with Gasteiger partial charge in [-0.3, -0.25) is 4.79 Å². The van der Waals surface area contributed by atoms with Crippen LogP contribution >= 0.6 is 11.6 Å². The first-order valence-corrected chi connectivity index (χ1v) is 4.17. The Morgan fingerprint density at radius 1 is 1.62 bits per heavy atom. The number of halogens is 2. The number of hydrogen-bond donors (Lipinski definition) is 0. The summed E-state index contributed by atoms with van der Waals surface area (Å²) < 4.78 is 17.5. The van der Waals surface area contributed by atoms with Gasteiger partial charge in [0.1, 0.15) is 11.6 Å². The summed E-state index contributed by atoms with van der Waals surface area (Å²) in [5.41, 5.74) is 0. The number of carbonyl (C=O) groups excluding carboxylic acids is 1. The number of ether oxygens (including phenoxy) is 1. The molecule has 1 aromatic rings. The van der Waals surface area contributed by atoms with Gasteiger partial charge in [-0.1, -0.05) is 18.5 Å². The lowest BCUT2D eigenvalue weighted by Crippen LogP contribution is -2.05. The fourth-order valence-electron chi connectivity index (χ4n) is 0.744. The SMILES string of the molecule is CCC(=O)Oc1ccc(F)c(Cl)c1. The number of rotatable bonds is 2. The molecule has 4 heteroatoms. The van der Waals surface area contributed by atoms with Crippen LogP contribution in [0.5, 0.6) is 5.75 Å². The monoisotopic (exact) mass is 202 g/mol. The fourth-order valence-corrected chi connectivity index (χ4v) is 0.914. The van der Waals surface area contributed by atoms with Gasteiger partial charge in [0.05, 0.1) is 5.02 Å². The van der Waals surface area contributed by atoms with E-state index in [9.17, 15) is 9.18 Å². The van der Waals surface area contributed by atoms with E-state index in [0.29, 0.717) is 0 Å². The molecular formula is C9H8ClFO2. The average Bonchev–Trinajstić information content (AvgIpc) is 2.11. The zero-order chi connectivity index (χ0) is 9.84. The van der Waals surface area contributed by atoms with Crippen LogP contribution in [0.2, 0.25) is 5.02 Å². The number of hydrogen-bond acceptors (Lipinski definition) is 2. The molecule has 0 bridgehead atoms. The summed E-state index contributed by atoms with van der Waals surface area (Å²) in [5, 5.41) is -0.0543. The van der Waals surface area contributed by atoms with Gasteiger partial charge in [0.2, 0.25) is 0 Å². The van der Waals surface area contributed by atoms with Gasteiger partial charge in [-0.15, -0.1) is 0 Å². The summed E-state index contributed by atoms with van der Waals surface area (Å²) >= 11 is 5.47. The van der Waals surface area contributed by atoms with Crippen LogP contribution in [0.1, 0.15) is 13.3 Å². The molecule has 0 N–H and O–H groups in total. The summed E-state index contributed by atoms with van der Waals surface area (Å²) in [4.78, 5) is 10.8. The van der Waals surface area contributed by atoms with Crippen LogP contribution < -0.4 is 4.74 Å². The van der Waals surface area contributed by atoms with E-state index in [4.69, 9.17) is 16.3 Å². The Hall–Kier alpha value is -1.09. The van der Waals surface area contributed by atoms with E-state index < -0.39 is 5.82 Å². The van der Waals surface area contributed by atoms with E-state index in [1.54, 1.807) is 6.92 Å². The molecule has 70 valence electrons. The van der Waals surface area contributed by atoms with E-state index in [1.165, 1.54) is 12.1 Å². The van der Waals surface area contributed by atoms with Crippen molar-refractivity contribution in [2.24, 2.45) is 0 Å². The van der Waals surface area contributed by atoms with Gasteiger partial charge < -0.3 is 4.74 Å². The van der Waals surface area contributed by atoms with Crippen molar-refractivity contribution < 1.29 is 13.9 Å². The van der Waals surface area contributed by atoms with Gasteiger partial charge in [0.15, 0.2) is 0 Å². The molecule has 13 heavy (non-hydrogen) atoms. The van der Waals surface area contributed by atoms with Crippen molar-refractivity contribution in [3.63, 3.8) is 0 Å². The topological polar surface area (TPSA) is 26.3 Å². The molecule has 0 amide bonds. The highest BCUT2D eigenvalue weighted by Crippen LogP contribution is 2.21. The smallest absolute Gasteiger partial charge is 0.310 e. The molecule has 0 aliphatic heterocycles. The molecule has 2 nitrogen and oxygen atoms in total. The molecule has 0 spiro atoms. The molecule has 0 aliphatic carbocycles. The summed E-state index contributed by atoms with van der Waals surface area (Å²) in [6.45, 7) is 1.67. The fraction of sp³-hybridized carbons (Fsp3) is 0.222. The van der Waals surface area contributed by atoms with E-state index in [1.807, 2.05) is 0 Å². The molecule has 0 atom stereocenters. The van der Waals surface area contributed by atoms with Crippen LogP contribution in [0.15, 0.2) is 18.2 Å². The highest BCUT2D eigenvalue weighted by atomic mass is 35.5. The summed E-state index contributed by atoms with van der Waals surface area (Å²) in [6, 6.07) is 3.78. The highest BCUT2D eigenvalue weighted by molar-refractivity contribution is 6.30.